The molecule has 0 heterocycles. The minimum Gasteiger partial charge on any atom is -0.507 e. The molecule has 1 aliphatic rings. The zero-order valence-corrected chi connectivity index (χ0v) is 14.7. The van der Waals surface area contributed by atoms with Crippen LogP contribution in [-0.2, 0) is 5.16 Å². The summed E-state index contributed by atoms with van der Waals surface area (Å²) in [6, 6.07) is 28.8. The quantitative estimate of drug-likeness (QED) is 0.672. The highest BCUT2D eigenvalue weighted by molar-refractivity contribution is 7.74. The molecule has 25 heavy (non-hydrogen) atoms. The summed E-state index contributed by atoms with van der Waals surface area (Å²) >= 11 is 0. The molecule has 0 spiro atoms. The fraction of sp³-hybridized carbons (Fsp3) is 0.0435. The average molecular weight is 342 g/mol. The first-order valence-corrected chi connectivity index (χ1v) is 9.71. The van der Waals surface area contributed by atoms with Crippen LogP contribution in [0.5, 0.6) is 5.75 Å². The van der Waals surface area contributed by atoms with E-state index in [4.69, 9.17) is 0 Å². The minimum atomic E-state index is -0.857. The van der Waals surface area contributed by atoms with Gasteiger partial charge in [0.1, 0.15) is 5.75 Å². The number of hydrogen-bond acceptors (Lipinski definition) is 1. The highest BCUT2D eigenvalue weighted by Crippen LogP contribution is 2.58. The zero-order valence-electron chi connectivity index (χ0n) is 13.8. The molecule has 2 heteroatoms. The molecule has 122 valence electrons. The van der Waals surface area contributed by atoms with Crippen LogP contribution >= 0.6 is 7.92 Å². The second-order valence-electron chi connectivity index (χ2n) is 6.07. The van der Waals surface area contributed by atoms with E-state index in [1.807, 2.05) is 24.3 Å². The third kappa shape index (κ3) is 2.81. The molecule has 0 fully saturated rings. The lowest BCUT2D eigenvalue weighted by molar-refractivity contribution is 0.479. The molecule has 1 atom stereocenters. The molecule has 1 unspecified atom stereocenters. The van der Waals surface area contributed by atoms with Crippen molar-refractivity contribution in [2.75, 3.05) is 0 Å². The van der Waals surface area contributed by atoms with Gasteiger partial charge in [-0.05, 0) is 24.9 Å². The Morgan fingerprint density at radius 1 is 0.640 bits per heavy atom. The lowest BCUT2D eigenvalue weighted by Crippen LogP contribution is -2.28. The summed E-state index contributed by atoms with van der Waals surface area (Å²) < 4.78 is 0. The van der Waals surface area contributed by atoms with Crippen molar-refractivity contribution in [3.05, 3.63) is 115 Å². The van der Waals surface area contributed by atoms with Gasteiger partial charge in [0.2, 0.25) is 0 Å². The van der Waals surface area contributed by atoms with Gasteiger partial charge in [-0.15, -0.1) is 0 Å². The number of aromatic hydroxyl groups is 1. The molecule has 1 aliphatic carbocycles. The monoisotopic (exact) mass is 342 g/mol. The summed E-state index contributed by atoms with van der Waals surface area (Å²) in [5.74, 6) is 0.362. The van der Waals surface area contributed by atoms with Crippen LogP contribution in [0.25, 0.3) is 0 Å². The maximum Gasteiger partial charge on any atom is 0.123 e. The second-order valence-corrected chi connectivity index (χ2v) is 8.48. The predicted molar refractivity (Wildman–Crippen MR) is 107 cm³/mol. The van der Waals surface area contributed by atoms with Gasteiger partial charge in [-0.2, -0.15) is 0 Å². The van der Waals surface area contributed by atoms with Crippen LogP contribution in [0.4, 0.5) is 0 Å². The Bertz CT molecular complexity index is 901. The summed E-state index contributed by atoms with van der Waals surface area (Å²) in [7, 11) is -0.857. The van der Waals surface area contributed by atoms with Crippen molar-refractivity contribution in [3.63, 3.8) is 0 Å². The van der Waals surface area contributed by atoms with Crippen LogP contribution in [0.15, 0.2) is 109 Å². The van der Waals surface area contributed by atoms with Crippen LogP contribution in [0, 0.1) is 0 Å². The first-order valence-electron chi connectivity index (χ1n) is 8.37. The second kappa shape index (κ2) is 6.70. The van der Waals surface area contributed by atoms with Gasteiger partial charge in [0, 0.05) is 5.30 Å². The van der Waals surface area contributed by atoms with E-state index in [0.29, 0.717) is 5.75 Å². The van der Waals surface area contributed by atoms with Crippen molar-refractivity contribution in [1.29, 1.82) is 0 Å². The van der Waals surface area contributed by atoms with Gasteiger partial charge in [-0.25, -0.2) is 0 Å². The summed E-state index contributed by atoms with van der Waals surface area (Å²) in [5, 5.41) is 12.6. The number of benzene rings is 3. The molecular formula is C23H19OP. The summed E-state index contributed by atoms with van der Waals surface area (Å²) in [5.41, 5.74) is 1.25. The predicted octanol–water partition coefficient (Wildman–Crippen LogP) is 4.85. The van der Waals surface area contributed by atoms with E-state index in [9.17, 15) is 5.11 Å². The smallest absolute Gasteiger partial charge is 0.123 e. The molecule has 0 aromatic heterocycles. The summed E-state index contributed by atoms with van der Waals surface area (Å²) in [6.45, 7) is 0. The normalized spacial score (nSPS) is 16.0. The lowest BCUT2D eigenvalue weighted by atomic mass is 10.00. The number of hydrogen-bond donors (Lipinski definition) is 1. The van der Waals surface area contributed by atoms with Crippen LogP contribution in [-0.4, -0.2) is 5.11 Å². The maximum absolute atomic E-state index is 10.6. The summed E-state index contributed by atoms with van der Waals surface area (Å²) in [4.78, 5) is 0. The van der Waals surface area contributed by atoms with Gasteiger partial charge in [0.25, 0.3) is 0 Å². The zero-order chi connectivity index (χ0) is 17.1. The van der Waals surface area contributed by atoms with E-state index in [1.54, 1.807) is 6.07 Å². The number of phenolic OH excluding ortho intramolecular Hbond substituents is 1. The maximum atomic E-state index is 10.6. The molecule has 0 saturated heterocycles. The van der Waals surface area contributed by atoms with Crippen molar-refractivity contribution in [1.82, 2.24) is 0 Å². The third-order valence-electron chi connectivity index (χ3n) is 4.56. The fourth-order valence-electron chi connectivity index (χ4n) is 3.42. The number of allylic oxidation sites excluding steroid dienone is 4. The van der Waals surface area contributed by atoms with Gasteiger partial charge in [0.05, 0.1) is 5.16 Å². The number of rotatable bonds is 4. The van der Waals surface area contributed by atoms with Gasteiger partial charge >= 0.3 is 0 Å². The third-order valence-corrected chi connectivity index (χ3v) is 7.53. The SMILES string of the molecule is Oc1ccccc1P(c1ccccc1)C1(c2ccccc2)C=CC=C1. The molecule has 0 bridgehead atoms. The van der Waals surface area contributed by atoms with E-state index >= 15 is 0 Å². The fourth-order valence-corrected chi connectivity index (χ4v) is 6.41. The van der Waals surface area contributed by atoms with Crippen LogP contribution < -0.4 is 10.6 Å². The number of phenols is 1. The van der Waals surface area contributed by atoms with Gasteiger partial charge in [-0.3, -0.25) is 0 Å². The Morgan fingerprint density at radius 3 is 1.84 bits per heavy atom. The largest absolute Gasteiger partial charge is 0.507 e. The van der Waals surface area contributed by atoms with E-state index in [0.717, 1.165) is 5.30 Å². The molecule has 1 N–H and O–H groups in total. The average Bonchev–Trinajstić information content (AvgIpc) is 3.16. The Hall–Kier alpha value is -2.63. The van der Waals surface area contributed by atoms with Crippen molar-refractivity contribution >= 4 is 18.5 Å². The van der Waals surface area contributed by atoms with Gasteiger partial charge < -0.3 is 5.11 Å². The molecule has 0 radical (unpaired) electrons. The Labute approximate surface area is 149 Å². The van der Waals surface area contributed by atoms with E-state index in [1.165, 1.54) is 10.9 Å². The van der Waals surface area contributed by atoms with Crippen molar-refractivity contribution in [2.45, 2.75) is 5.16 Å². The molecule has 0 aliphatic heterocycles. The molecule has 4 rings (SSSR count). The lowest BCUT2D eigenvalue weighted by Gasteiger charge is -2.37. The highest BCUT2D eigenvalue weighted by Gasteiger charge is 2.40. The van der Waals surface area contributed by atoms with Crippen LogP contribution in [0.3, 0.4) is 0 Å². The van der Waals surface area contributed by atoms with E-state index < -0.39 is 7.92 Å². The van der Waals surface area contributed by atoms with Crippen molar-refractivity contribution in [3.8, 4) is 5.75 Å². The molecule has 1 nitrogen and oxygen atoms in total. The standard InChI is InChI=1S/C23H19OP/c24-21-15-7-8-16-22(21)25(20-13-5-2-6-14-20)23(17-9-10-18-23)19-11-3-1-4-12-19/h1-18,24H. The minimum absolute atomic E-state index is 0.253. The Morgan fingerprint density at radius 2 is 1.20 bits per heavy atom. The first-order chi connectivity index (χ1) is 12.3. The van der Waals surface area contributed by atoms with Gasteiger partial charge in [-0.1, -0.05) is 103 Å². The summed E-state index contributed by atoms with van der Waals surface area (Å²) in [6.07, 6.45) is 8.78. The van der Waals surface area contributed by atoms with E-state index in [-0.39, 0.29) is 5.16 Å². The van der Waals surface area contributed by atoms with Crippen LogP contribution in [0.1, 0.15) is 5.56 Å². The number of para-hydroxylation sites is 1. The Kier molecular flexibility index (Phi) is 4.26. The van der Waals surface area contributed by atoms with Crippen molar-refractivity contribution in [2.24, 2.45) is 0 Å². The van der Waals surface area contributed by atoms with Crippen molar-refractivity contribution < 1.29 is 5.11 Å². The Balaban J connectivity index is 1.99. The topological polar surface area (TPSA) is 20.2 Å². The highest BCUT2D eigenvalue weighted by atomic mass is 31.1. The molecule has 3 aromatic rings. The molecule has 3 aromatic carbocycles. The molecular weight excluding hydrogens is 323 g/mol. The molecule has 0 amide bonds. The molecule has 0 saturated carbocycles. The first kappa shape index (κ1) is 15.9. The van der Waals surface area contributed by atoms with Gasteiger partial charge in [0.15, 0.2) is 0 Å². The van der Waals surface area contributed by atoms with Crippen LogP contribution in [0.2, 0.25) is 0 Å². The van der Waals surface area contributed by atoms with E-state index in [2.05, 4.69) is 78.9 Å².